The predicted octanol–water partition coefficient (Wildman–Crippen LogP) is -0.494. The third-order valence-corrected chi connectivity index (χ3v) is 2.22. The van der Waals surface area contributed by atoms with E-state index in [1.165, 1.54) is 7.11 Å². The first-order chi connectivity index (χ1) is 5.24. The Balaban J connectivity index is 2.02. The van der Waals surface area contributed by atoms with Gasteiger partial charge in [-0.3, -0.25) is 0 Å². The molecule has 0 aromatic carbocycles. The third kappa shape index (κ3) is 1.06. The van der Waals surface area contributed by atoms with Crippen LogP contribution in [0.2, 0.25) is 0 Å². The standard InChI is InChI=1S/C7H12O4/c1-3-5-6(11-5)4(8)7(9-2)10-3/h3-8H,1-2H3/t3-,4+,5+,6-,7+/m0/s1. The Morgan fingerprint density at radius 1 is 1.27 bits per heavy atom. The first-order valence-corrected chi connectivity index (χ1v) is 3.76. The number of hydrogen-bond acceptors (Lipinski definition) is 4. The highest BCUT2D eigenvalue weighted by atomic mass is 16.7. The van der Waals surface area contributed by atoms with Crippen LogP contribution < -0.4 is 0 Å². The minimum absolute atomic E-state index is 0.0355. The summed E-state index contributed by atoms with van der Waals surface area (Å²) in [5, 5.41) is 9.42. The van der Waals surface area contributed by atoms with Crippen LogP contribution in [0.25, 0.3) is 0 Å². The van der Waals surface area contributed by atoms with Gasteiger partial charge in [0.25, 0.3) is 0 Å². The van der Waals surface area contributed by atoms with Crippen molar-refractivity contribution in [2.45, 2.75) is 37.6 Å². The molecule has 0 unspecified atom stereocenters. The highest BCUT2D eigenvalue weighted by Gasteiger charge is 2.55. The van der Waals surface area contributed by atoms with Crippen molar-refractivity contribution in [2.24, 2.45) is 0 Å². The zero-order valence-electron chi connectivity index (χ0n) is 6.56. The predicted molar refractivity (Wildman–Crippen MR) is 36.0 cm³/mol. The molecule has 2 heterocycles. The average molecular weight is 160 g/mol. The second kappa shape index (κ2) is 2.42. The van der Waals surface area contributed by atoms with Gasteiger partial charge in [0.15, 0.2) is 6.29 Å². The molecular formula is C7H12O4. The van der Waals surface area contributed by atoms with Crippen molar-refractivity contribution in [1.29, 1.82) is 0 Å². The molecule has 0 saturated carbocycles. The summed E-state index contributed by atoms with van der Waals surface area (Å²) in [5.41, 5.74) is 0. The molecule has 2 saturated heterocycles. The molecule has 1 N–H and O–H groups in total. The lowest BCUT2D eigenvalue weighted by Gasteiger charge is -2.27. The summed E-state index contributed by atoms with van der Waals surface area (Å²) in [7, 11) is 1.52. The normalized spacial score (nSPS) is 55.4. The van der Waals surface area contributed by atoms with Gasteiger partial charge in [0.2, 0.25) is 0 Å². The first-order valence-electron chi connectivity index (χ1n) is 3.76. The van der Waals surface area contributed by atoms with Gasteiger partial charge in [-0.05, 0) is 6.92 Å². The Morgan fingerprint density at radius 3 is 2.64 bits per heavy atom. The van der Waals surface area contributed by atoms with Gasteiger partial charge in [0, 0.05) is 7.11 Å². The number of fused-ring (bicyclic) bond motifs is 1. The molecular weight excluding hydrogens is 148 g/mol. The largest absolute Gasteiger partial charge is 0.385 e. The van der Waals surface area contributed by atoms with E-state index in [4.69, 9.17) is 14.2 Å². The lowest BCUT2D eigenvalue weighted by Crippen LogP contribution is -2.44. The summed E-state index contributed by atoms with van der Waals surface area (Å²) in [6, 6.07) is 0. The van der Waals surface area contributed by atoms with E-state index in [-0.39, 0.29) is 18.3 Å². The fourth-order valence-corrected chi connectivity index (χ4v) is 1.51. The molecule has 4 nitrogen and oxygen atoms in total. The first kappa shape index (κ1) is 7.49. The summed E-state index contributed by atoms with van der Waals surface area (Å²) in [5.74, 6) is 0. The molecule has 2 aliphatic rings. The second-order valence-corrected chi connectivity index (χ2v) is 3.00. The molecule has 0 amide bonds. The molecule has 2 rings (SSSR count). The lowest BCUT2D eigenvalue weighted by atomic mass is 10.1. The maximum atomic E-state index is 9.42. The monoisotopic (exact) mass is 160 g/mol. The van der Waals surface area contributed by atoms with E-state index in [0.717, 1.165) is 0 Å². The summed E-state index contributed by atoms with van der Waals surface area (Å²) in [6.07, 6.45) is -1.09. The molecule has 4 heteroatoms. The van der Waals surface area contributed by atoms with Crippen LogP contribution in [0.15, 0.2) is 0 Å². The number of aliphatic hydroxyl groups is 1. The van der Waals surface area contributed by atoms with Crippen LogP contribution in [-0.4, -0.2) is 42.9 Å². The highest BCUT2D eigenvalue weighted by Crippen LogP contribution is 2.37. The molecule has 5 atom stereocenters. The number of methoxy groups -OCH3 is 1. The second-order valence-electron chi connectivity index (χ2n) is 3.00. The minimum Gasteiger partial charge on any atom is -0.385 e. The van der Waals surface area contributed by atoms with Gasteiger partial charge >= 0.3 is 0 Å². The maximum Gasteiger partial charge on any atom is 0.186 e. The number of aliphatic hydroxyl groups excluding tert-OH is 1. The molecule has 0 aliphatic carbocycles. The molecule has 0 spiro atoms. The zero-order chi connectivity index (χ0) is 8.01. The quantitative estimate of drug-likeness (QED) is 0.526. The molecule has 2 fully saturated rings. The Bertz CT molecular complexity index is 161. The van der Waals surface area contributed by atoms with Gasteiger partial charge < -0.3 is 19.3 Å². The van der Waals surface area contributed by atoms with Gasteiger partial charge in [-0.1, -0.05) is 0 Å². The van der Waals surface area contributed by atoms with Crippen molar-refractivity contribution >= 4 is 0 Å². The SMILES string of the molecule is CO[C@@H]1O[C@@H](C)[C@H]2O[C@H]2[C@H]1O. The smallest absolute Gasteiger partial charge is 0.186 e. The summed E-state index contributed by atoms with van der Waals surface area (Å²) in [4.78, 5) is 0. The van der Waals surface area contributed by atoms with Gasteiger partial charge in [-0.15, -0.1) is 0 Å². The molecule has 0 aromatic rings. The Morgan fingerprint density at radius 2 is 2.00 bits per heavy atom. The molecule has 64 valence electrons. The van der Waals surface area contributed by atoms with E-state index in [1.54, 1.807) is 0 Å². The highest BCUT2D eigenvalue weighted by molar-refractivity contribution is 4.99. The molecule has 2 aliphatic heterocycles. The Labute approximate surface area is 65.1 Å². The Kier molecular flexibility index (Phi) is 1.64. The van der Waals surface area contributed by atoms with Crippen LogP contribution in [0.4, 0.5) is 0 Å². The van der Waals surface area contributed by atoms with E-state index < -0.39 is 12.4 Å². The van der Waals surface area contributed by atoms with Gasteiger partial charge in [0.05, 0.1) is 6.10 Å². The van der Waals surface area contributed by atoms with E-state index in [1.807, 2.05) is 6.92 Å². The fraction of sp³-hybridized carbons (Fsp3) is 1.00. The summed E-state index contributed by atoms with van der Waals surface area (Å²) < 4.78 is 15.4. The molecule has 0 radical (unpaired) electrons. The summed E-state index contributed by atoms with van der Waals surface area (Å²) >= 11 is 0. The van der Waals surface area contributed by atoms with Gasteiger partial charge in [-0.25, -0.2) is 0 Å². The van der Waals surface area contributed by atoms with E-state index >= 15 is 0 Å². The van der Waals surface area contributed by atoms with Crippen molar-refractivity contribution in [2.75, 3.05) is 7.11 Å². The number of hydrogen-bond donors (Lipinski definition) is 1. The van der Waals surface area contributed by atoms with Crippen LogP contribution >= 0.6 is 0 Å². The van der Waals surface area contributed by atoms with Crippen LogP contribution in [-0.2, 0) is 14.2 Å². The minimum atomic E-state index is -0.624. The lowest BCUT2D eigenvalue weighted by molar-refractivity contribution is -0.214. The van der Waals surface area contributed by atoms with Crippen molar-refractivity contribution in [3.05, 3.63) is 0 Å². The van der Waals surface area contributed by atoms with Crippen molar-refractivity contribution in [3.63, 3.8) is 0 Å². The van der Waals surface area contributed by atoms with E-state index in [9.17, 15) is 5.11 Å². The van der Waals surface area contributed by atoms with Crippen molar-refractivity contribution < 1.29 is 19.3 Å². The molecule has 0 aromatic heterocycles. The van der Waals surface area contributed by atoms with E-state index in [2.05, 4.69) is 0 Å². The van der Waals surface area contributed by atoms with Crippen LogP contribution in [0, 0.1) is 0 Å². The number of epoxide rings is 1. The fourth-order valence-electron chi connectivity index (χ4n) is 1.51. The Hall–Kier alpha value is -0.160. The number of ether oxygens (including phenoxy) is 3. The van der Waals surface area contributed by atoms with Crippen LogP contribution in [0.1, 0.15) is 6.92 Å². The number of rotatable bonds is 1. The topological polar surface area (TPSA) is 51.2 Å². The van der Waals surface area contributed by atoms with E-state index in [0.29, 0.717) is 0 Å². The van der Waals surface area contributed by atoms with Crippen LogP contribution in [0.5, 0.6) is 0 Å². The molecule has 0 bridgehead atoms. The summed E-state index contributed by atoms with van der Waals surface area (Å²) in [6.45, 7) is 1.92. The zero-order valence-corrected chi connectivity index (χ0v) is 6.56. The van der Waals surface area contributed by atoms with Crippen molar-refractivity contribution in [3.8, 4) is 0 Å². The van der Waals surface area contributed by atoms with Crippen molar-refractivity contribution in [1.82, 2.24) is 0 Å². The molecule has 11 heavy (non-hydrogen) atoms. The van der Waals surface area contributed by atoms with Gasteiger partial charge in [0.1, 0.15) is 18.3 Å². The van der Waals surface area contributed by atoms with Crippen LogP contribution in [0.3, 0.4) is 0 Å². The third-order valence-electron chi connectivity index (χ3n) is 2.22. The maximum absolute atomic E-state index is 9.42. The average Bonchev–Trinajstić information content (AvgIpc) is 2.75. The van der Waals surface area contributed by atoms with Gasteiger partial charge in [-0.2, -0.15) is 0 Å².